The van der Waals surface area contributed by atoms with Gasteiger partial charge in [0, 0.05) is 14.1 Å². The van der Waals surface area contributed by atoms with Gasteiger partial charge in [-0.3, -0.25) is 24.0 Å². The fraction of sp³-hybridized carbons (Fsp3) is 0.147. The van der Waals surface area contributed by atoms with Crippen LogP contribution in [0.5, 0.6) is 11.5 Å². The maximum absolute atomic E-state index is 13.4. The average molecular weight is 611 g/mol. The van der Waals surface area contributed by atoms with Gasteiger partial charge in [-0.15, -0.1) is 0 Å². The highest BCUT2D eigenvalue weighted by molar-refractivity contribution is 6.10. The van der Waals surface area contributed by atoms with Crippen LogP contribution in [0.3, 0.4) is 0 Å². The molecule has 45 heavy (non-hydrogen) atoms. The van der Waals surface area contributed by atoms with E-state index in [2.05, 4.69) is 5.32 Å². The second kappa shape index (κ2) is 14.0. The normalized spacial score (nSPS) is 10.8. The monoisotopic (exact) mass is 610 g/mol. The van der Waals surface area contributed by atoms with E-state index in [0.717, 1.165) is 0 Å². The molecule has 0 fully saturated rings. The van der Waals surface area contributed by atoms with Gasteiger partial charge >= 0.3 is 17.9 Å². The number of nitrogens with one attached hydrogen (secondary N) is 1. The van der Waals surface area contributed by atoms with E-state index in [1.54, 1.807) is 54.6 Å². The molecule has 0 bridgehead atoms. The van der Waals surface area contributed by atoms with Crippen molar-refractivity contribution in [2.75, 3.05) is 26.0 Å². The number of anilines is 1. The Morgan fingerprint density at radius 3 is 1.98 bits per heavy atom. The molecule has 0 radical (unpaired) electrons. The Hall–Kier alpha value is -5.97. The average Bonchev–Trinajstić information content (AvgIpc) is 3.02. The Kier molecular flexibility index (Phi) is 9.94. The van der Waals surface area contributed by atoms with Crippen molar-refractivity contribution in [1.82, 2.24) is 4.90 Å². The van der Waals surface area contributed by atoms with Crippen LogP contribution in [-0.2, 0) is 31.0 Å². The number of carbonyl (C=O) groups is 5. The molecule has 0 heterocycles. The number of amides is 2. The number of para-hydroxylation sites is 2. The molecule has 0 aromatic heterocycles. The zero-order valence-corrected chi connectivity index (χ0v) is 24.4. The van der Waals surface area contributed by atoms with Gasteiger partial charge in [0.1, 0.15) is 18.1 Å². The first-order chi connectivity index (χ1) is 21.5. The van der Waals surface area contributed by atoms with Crippen molar-refractivity contribution >= 4 is 35.4 Å². The van der Waals surface area contributed by atoms with Crippen molar-refractivity contribution in [1.29, 1.82) is 0 Å². The van der Waals surface area contributed by atoms with E-state index in [9.17, 15) is 34.2 Å². The zero-order valence-electron chi connectivity index (χ0n) is 24.4. The SMILES string of the molecule is CN(C)C(=O)c1cc(CC(=O)OCC(C(=O)O)(C(=O)O)c2ccccc2)ccc1NC(=O)c1ccccc1Oc1ccccc1. The molecule has 0 spiro atoms. The van der Waals surface area contributed by atoms with Gasteiger partial charge in [0.25, 0.3) is 11.8 Å². The quantitative estimate of drug-likeness (QED) is 0.154. The third-order valence-corrected chi connectivity index (χ3v) is 6.87. The molecule has 4 aromatic carbocycles. The van der Waals surface area contributed by atoms with Gasteiger partial charge in [-0.1, -0.05) is 66.7 Å². The minimum atomic E-state index is -2.52. The largest absolute Gasteiger partial charge is 0.480 e. The van der Waals surface area contributed by atoms with Crippen molar-refractivity contribution in [2.24, 2.45) is 0 Å². The first kappa shape index (κ1) is 32.0. The molecule has 0 atom stereocenters. The Bertz CT molecular complexity index is 1710. The van der Waals surface area contributed by atoms with E-state index in [1.807, 2.05) is 6.07 Å². The van der Waals surface area contributed by atoms with Crippen LogP contribution in [0.1, 0.15) is 31.8 Å². The summed E-state index contributed by atoms with van der Waals surface area (Å²) in [6, 6.07) is 27.1. The lowest BCUT2D eigenvalue weighted by Gasteiger charge is -2.25. The Labute approximate surface area is 258 Å². The summed E-state index contributed by atoms with van der Waals surface area (Å²) >= 11 is 0. The summed E-state index contributed by atoms with van der Waals surface area (Å²) in [5, 5.41) is 22.4. The molecule has 0 saturated heterocycles. The van der Waals surface area contributed by atoms with Gasteiger partial charge in [0.15, 0.2) is 0 Å². The van der Waals surface area contributed by atoms with Gasteiger partial charge in [-0.05, 0) is 47.5 Å². The predicted octanol–water partition coefficient (Wildman–Crippen LogP) is 4.63. The summed E-state index contributed by atoms with van der Waals surface area (Å²) in [5.41, 5.74) is -1.80. The number of hydrogen-bond donors (Lipinski definition) is 3. The second-order valence-corrected chi connectivity index (χ2v) is 10.2. The highest BCUT2D eigenvalue weighted by Gasteiger charge is 2.50. The maximum atomic E-state index is 13.4. The molecule has 3 N–H and O–H groups in total. The number of esters is 1. The first-order valence-corrected chi connectivity index (χ1v) is 13.7. The number of ether oxygens (including phenoxy) is 2. The Morgan fingerprint density at radius 2 is 1.36 bits per heavy atom. The summed E-state index contributed by atoms with van der Waals surface area (Å²) in [6.07, 6.45) is -0.403. The molecule has 0 aliphatic carbocycles. The standard InChI is InChI=1S/C34H30N2O9/c1-36(2)31(39)26-19-22(20-29(37)44-21-34(32(40)41,33(42)43)23-11-5-3-6-12-23)17-18-27(26)35-30(38)25-15-9-10-16-28(25)45-24-13-7-4-8-14-24/h3-19H,20-21H2,1-2H3,(H,35,38)(H,40,41)(H,42,43). The summed E-state index contributed by atoms with van der Waals surface area (Å²) in [7, 11) is 3.05. The first-order valence-electron chi connectivity index (χ1n) is 13.7. The lowest BCUT2D eigenvalue weighted by molar-refractivity contribution is -0.163. The molecule has 0 aliphatic rings. The minimum absolute atomic E-state index is 0.0625. The van der Waals surface area contributed by atoms with Crippen LogP contribution in [0.15, 0.2) is 103 Å². The van der Waals surface area contributed by atoms with Crippen molar-refractivity contribution in [3.8, 4) is 11.5 Å². The van der Waals surface area contributed by atoms with E-state index in [-0.39, 0.29) is 22.4 Å². The van der Waals surface area contributed by atoms with Crippen LogP contribution in [0.4, 0.5) is 5.69 Å². The fourth-order valence-corrected chi connectivity index (χ4v) is 4.45. The van der Waals surface area contributed by atoms with Crippen LogP contribution in [0.25, 0.3) is 0 Å². The molecule has 0 aliphatic heterocycles. The maximum Gasteiger partial charge on any atom is 0.329 e. The van der Waals surface area contributed by atoms with E-state index >= 15 is 0 Å². The summed E-state index contributed by atoms with van der Waals surface area (Å²) in [4.78, 5) is 64.8. The fourth-order valence-electron chi connectivity index (χ4n) is 4.45. The molecular formula is C34H30N2O9. The molecule has 11 nitrogen and oxygen atoms in total. The van der Waals surface area contributed by atoms with E-state index < -0.39 is 48.2 Å². The molecule has 4 rings (SSSR count). The van der Waals surface area contributed by atoms with Crippen molar-refractivity contribution in [3.05, 3.63) is 125 Å². The molecule has 0 unspecified atom stereocenters. The van der Waals surface area contributed by atoms with Crippen LogP contribution in [0, 0.1) is 0 Å². The molecule has 2 amide bonds. The summed E-state index contributed by atoms with van der Waals surface area (Å²) in [6.45, 7) is -0.956. The van der Waals surface area contributed by atoms with Crippen molar-refractivity contribution < 1.29 is 43.7 Å². The number of hydrogen-bond acceptors (Lipinski definition) is 7. The number of carboxylic acid groups (broad SMARTS) is 2. The van der Waals surface area contributed by atoms with Crippen LogP contribution < -0.4 is 10.1 Å². The number of carboxylic acids is 2. The third kappa shape index (κ3) is 7.34. The molecular weight excluding hydrogens is 580 g/mol. The van der Waals surface area contributed by atoms with Crippen LogP contribution in [-0.4, -0.2) is 65.5 Å². The highest BCUT2D eigenvalue weighted by Crippen LogP contribution is 2.28. The lowest BCUT2D eigenvalue weighted by Crippen LogP contribution is -2.48. The van der Waals surface area contributed by atoms with E-state index in [1.165, 1.54) is 61.5 Å². The third-order valence-electron chi connectivity index (χ3n) is 6.87. The van der Waals surface area contributed by atoms with Crippen molar-refractivity contribution in [3.63, 3.8) is 0 Å². The van der Waals surface area contributed by atoms with Gasteiger partial charge in [-0.25, -0.2) is 0 Å². The molecule has 4 aromatic rings. The van der Waals surface area contributed by atoms with Crippen molar-refractivity contribution in [2.45, 2.75) is 11.8 Å². The van der Waals surface area contributed by atoms with Gasteiger partial charge < -0.3 is 29.9 Å². The number of nitrogens with zero attached hydrogens (tertiary/aromatic N) is 1. The number of rotatable bonds is 12. The smallest absolute Gasteiger partial charge is 0.329 e. The van der Waals surface area contributed by atoms with E-state index in [0.29, 0.717) is 17.1 Å². The van der Waals surface area contributed by atoms with Gasteiger partial charge in [-0.2, -0.15) is 0 Å². The highest BCUT2D eigenvalue weighted by atomic mass is 16.5. The topological polar surface area (TPSA) is 160 Å². The molecule has 0 saturated carbocycles. The molecule has 11 heteroatoms. The number of benzene rings is 4. The van der Waals surface area contributed by atoms with Crippen LogP contribution in [0.2, 0.25) is 0 Å². The summed E-state index contributed by atoms with van der Waals surface area (Å²) in [5.74, 6) is -4.46. The molecule has 230 valence electrons. The summed E-state index contributed by atoms with van der Waals surface area (Å²) < 4.78 is 11.1. The number of aliphatic carboxylic acids is 2. The zero-order chi connectivity index (χ0) is 32.6. The predicted molar refractivity (Wildman–Crippen MR) is 163 cm³/mol. The van der Waals surface area contributed by atoms with Gasteiger partial charge in [0.2, 0.25) is 5.41 Å². The Morgan fingerprint density at radius 1 is 0.756 bits per heavy atom. The number of carbonyl (C=O) groups excluding carboxylic acids is 3. The Balaban J connectivity index is 1.55. The van der Waals surface area contributed by atoms with Crippen LogP contribution >= 0.6 is 0 Å². The second-order valence-electron chi connectivity index (χ2n) is 10.2. The minimum Gasteiger partial charge on any atom is -0.480 e. The lowest BCUT2D eigenvalue weighted by atomic mass is 9.81. The van der Waals surface area contributed by atoms with E-state index in [4.69, 9.17) is 9.47 Å². The van der Waals surface area contributed by atoms with Gasteiger partial charge in [0.05, 0.1) is 23.2 Å².